The number of amides is 1. The van der Waals surface area contributed by atoms with Gasteiger partial charge in [0.25, 0.3) is 5.56 Å². The lowest BCUT2D eigenvalue weighted by molar-refractivity contribution is -0.133. The summed E-state index contributed by atoms with van der Waals surface area (Å²) >= 11 is 7.56. The Kier molecular flexibility index (Phi) is 6.64. The van der Waals surface area contributed by atoms with Crippen molar-refractivity contribution in [2.24, 2.45) is 0 Å². The third-order valence-electron chi connectivity index (χ3n) is 5.22. The predicted molar refractivity (Wildman–Crippen MR) is 120 cm³/mol. The van der Waals surface area contributed by atoms with E-state index in [2.05, 4.69) is 15.3 Å². The summed E-state index contributed by atoms with van der Waals surface area (Å²) in [5, 5.41) is 3.75. The first-order valence-corrected chi connectivity index (χ1v) is 11.2. The number of hydrogen-bond acceptors (Lipinski definition) is 6. The lowest BCUT2D eigenvalue weighted by Gasteiger charge is -2.34. The van der Waals surface area contributed by atoms with Crippen LogP contribution in [0.3, 0.4) is 0 Å². The molecule has 1 amide bonds. The second-order valence-electron chi connectivity index (χ2n) is 7.36. The number of halogens is 1. The van der Waals surface area contributed by atoms with Crippen molar-refractivity contribution in [3.05, 3.63) is 73.5 Å². The number of piperazine rings is 1. The number of nitrogens with one attached hydrogen (secondary N) is 1. The van der Waals surface area contributed by atoms with Gasteiger partial charge in [0.2, 0.25) is 5.91 Å². The summed E-state index contributed by atoms with van der Waals surface area (Å²) in [6, 6.07) is 8.94. The van der Waals surface area contributed by atoms with Gasteiger partial charge in [-0.15, -0.1) is 11.3 Å². The molecule has 0 bridgehead atoms. The molecule has 1 saturated heterocycles. The zero-order valence-corrected chi connectivity index (χ0v) is 18.4. The second-order valence-corrected chi connectivity index (χ2v) is 8.66. The number of aromatic nitrogens is 3. The van der Waals surface area contributed by atoms with E-state index in [-0.39, 0.29) is 18.9 Å². The lowest BCUT2D eigenvalue weighted by atomic mass is 10.2. The molecule has 1 N–H and O–H groups in total. The number of rotatable bonds is 6. The van der Waals surface area contributed by atoms with Gasteiger partial charge in [0.1, 0.15) is 5.01 Å². The number of nitrogens with zero attached hydrogens (tertiary/aromatic N) is 4. The maximum Gasteiger partial charge on any atom is 0.328 e. The van der Waals surface area contributed by atoms with Crippen molar-refractivity contribution in [3.63, 3.8) is 0 Å². The zero-order valence-electron chi connectivity index (χ0n) is 16.8. The van der Waals surface area contributed by atoms with Crippen molar-refractivity contribution >= 4 is 28.8 Å². The van der Waals surface area contributed by atoms with Crippen LogP contribution >= 0.6 is 22.9 Å². The normalized spacial score (nSPS) is 14.7. The number of carbonyl (C=O) groups excluding carboxylic acids is 1. The van der Waals surface area contributed by atoms with E-state index in [1.54, 1.807) is 11.3 Å². The summed E-state index contributed by atoms with van der Waals surface area (Å²) in [6.45, 7) is 3.84. The Hall–Kier alpha value is -2.75. The van der Waals surface area contributed by atoms with Crippen LogP contribution in [0.4, 0.5) is 0 Å². The van der Waals surface area contributed by atoms with Gasteiger partial charge in [0, 0.05) is 73.9 Å². The highest BCUT2D eigenvalue weighted by molar-refractivity contribution is 7.13. The first-order chi connectivity index (χ1) is 15.0. The monoisotopic (exact) mass is 459 g/mol. The minimum Gasteiger partial charge on any atom is -0.340 e. The number of carbonyl (C=O) groups is 1. The quantitative estimate of drug-likeness (QED) is 0.609. The second kappa shape index (κ2) is 9.59. The van der Waals surface area contributed by atoms with E-state index in [1.807, 2.05) is 29.2 Å². The van der Waals surface area contributed by atoms with Gasteiger partial charge in [0.15, 0.2) is 0 Å². The molecular formula is C21H22ClN5O3S. The molecule has 1 fully saturated rings. The van der Waals surface area contributed by atoms with Gasteiger partial charge in [-0.1, -0.05) is 23.7 Å². The van der Waals surface area contributed by atoms with Crippen LogP contribution in [-0.4, -0.2) is 56.4 Å². The Bertz CT molecular complexity index is 1160. The Balaban J connectivity index is 1.26. The van der Waals surface area contributed by atoms with Crippen molar-refractivity contribution in [2.45, 2.75) is 19.5 Å². The van der Waals surface area contributed by atoms with E-state index in [0.29, 0.717) is 18.1 Å². The molecule has 1 aliphatic heterocycles. The summed E-state index contributed by atoms with van der Waals surface area (Å²) in [6.07, 6.45) is 1.64. The fourth-order valence-electron chi connectivity index (χ4n) is 3.48. The van der Waals surface area contributed by atoms with Crippen molar-refractivity contribution in [2.75, 3.05) is 26.2 Å². The summed E-state index contributed by atoms with van der Waals surface area (Å²) in [5.74, 6) is 0.0106. The molecule has 0 saturated carbocycles. The minimum absolute atomic E-state index is 0.0106. The van der Waals surface area contributed by atoms with Crippen LogP contribution in [0, 0.1) is 0 Å². The first-order valence-electron chi connectivity index (χ1n) is 9.98. The highest BCUT2D eigenvalue weighted by Gasteiger charge is 2.21. The molecule has 10 heteroatoms. The van der Waals surface area contributed by atoms with E-state index >= 15 is 0 Å². The van der Waals surface area contributed by atoms with Gasteiger partial charge in [-0.25, -0.2) is 9.78 Å². The van der Waals surface area contributed by atoms with Crippen molar-refractivity contribution < 1.29 is 4.79 Å². The minimum atomic E-state index is -0.494. The highest BCUT2D eigenvalue weighted by Crippen LogP contribution is 2.25. The molecule has 1 aliphatic rings. The zero-order chi connectivity index (χ0) is 21.8. The van der Waals surface area contributed by atoms with E-state index in [1.165, 1.54) is 16.8 Å². The van der Waals surface area contributed by atoms with Gasteiger partial charge < -0.3 is 9.47 Å². The van der Waals surface area contributed by atoms with Gasteiger partial charge >= 0.3 is 5.69 Å². The van der Waals surface area contributed by atoms with E-state index in [4.69, 9.17) is 16.6 Å². The van der Waals surface area contributed by atoms with Gasteiger partial charge in [-0.2, -0.15) is 0 Å². The summed E-state index contributed by atoms with van der Waals surface area (Å²) in [4.78, 5) is 46.4. The standard InChI is InChI=1S/C21H22ClN5O3S/c22-16-3-1-15(2-4-16)20-23-17(14-31-20)13-25-9-11-26(12-10-25)19(29)6-8-27-7-5-18(28)24-21(27)30/h1-5,7,14H,6,8-13H2,(H,24,28,30). The molecule has 0 spiro atoms. The molecule has 0 unspecified atom stereocenters. The number of aromatic amines is 1. The summed E-state index contributed by atoms with van der Waals surface area (Å²) in [7, 11) is 0. The Labute approximate surface area is 187 Å². The predicted octanol–water partition coefficient (Wildman–Crippen LogP) is 2.05. The topological polar surface area (TPSA) is 91.3 Å². The third-order valence-corrected chi connectivity index (χ3v) is 6.41. The van der Waals surface area contributed by atoms with Crippen molar-refractivity contribution in [3.8, 4) is 10.6 Å². The first kappa shape index (κ1) is 21.5. The average molecular weight is 460 g/mol. The van der Waals surface area contributed by atoms with Crippen LogP contribution in [0.25, 0.3) is 10.6 Å². The average Bonchev–Trinajstić information content (AvgIpc) is 3.22. The molecule has 3 aromatic rings. The Morgan fingerprint density at radius 1 is 1.10 bits per heavy atom. The van der Waals surface area contributed by atoms with Gasteiger partial charge in [0.05, 0.1) is 5.69 Å². The number of thiazole rings is 1. The smallest absolute Gasteiger partial charge is 0.328 e. The van der Waals surface area contributed by atoms with Gasteiger partial charge in [-0.05, 0) is 12.1 Å². The number of benzene rings is 1. The molecule has 0 aliphatic carbocycles. The van der Waals surface area contributed by atoms with Crippen LogP contribution in [0.2, 0.25) is 5.02 Å². The number of hydrogen-bond donors (Lipinski definition) is 1. The molecule has 0 radical (unpaired) electrons. The fraction of sp³-hybridized carbons (Fsp3) is 0.333. The SMILES string of the molecule is O=C(CCn1ccc(=O)[nH]c1=O)N1CCN(Cc2csc(-c3ccc(Cl)cc3)n2)CC1. The molecule has 0 atom stereocenters. The molecule has 2 aromatic heterocycles. The summed E-state index contributed by atoms with van der Waals surface area (Å²) < 4.78 is 1.34. The highest BCUT2D eigenvalue weighted by atomic mass is 35.5. The molecule has 3 heterocycles. The van der Waals surface area contributed by atoms with Crippen LogP contribution in [0.15, 0.2) is 51.5 Å². The lowest BCUT2D eigenvalue weighted by Crippen LogP contribution is -2.48. The van der Waals surface area contributed by atoms with Crippen molar-refractivity contribution in [1.82, 2.24) is 24.3 Å². The third kappa shape index (κ3) is 5.49. The maximum absolute atomic E-state index is 12.5. The fourth-order valence-corrected chi connectivity index (χ4v) is 4.43. The van der Waals surface area contributed by atoms with E-state index < -0.39 is 11.2 Å². The van der Waals surface area contributed by atoms with E-state index in [9.17, 15) is 14.4 Å². The Morgan fingerprint density at radius 3 is 2.55 bits per heavy atom. The maximum atomic E-state index is 12.5. The molecule has 8 nitrogen and oxygen atoms in total. The largest absolute Gasteiger partial charge is 0.340 e. The van der Waals surface area contributed by atoms with Crippen molar-refractivity contribution in [1.29, 1.82) is 0 Å². The molecular weight excluding hydrogens is 438 g/mol. The van der Waals surface area contributed by atoms with Crippen LogP contribution in [-0.2, 0) is 17.9 Å². The van der Waals surface area contributed by atoms with E-state index in [0.717, 1.165) is 35.9 Å². The molecule has 1 aromatic carbocycles. The van der Waals surface area contributed by atoms with Crippen LogP contribution in [0.1, 0.15) is 12.1 Å². The Morgan fingerprint density at radius 2 is 1.84 bits per heavy atom. The number of H-pyrrole nitrogens is 1. The van der Waals surface area contributed by atoms with Crippen LogP contribution in [0.5, 0.6) is 0 Å². The number of aryl methyl sites for hydroxylation is 1. The molecule has 31 heavy (non-hydrogen) atoms. The van der Waals surface area contributed by atoms with Gasteiger partial charge in [-0.3, -0.25) is 19.5 Å². The van der Waals surface area contributed by atoms with Crippen LogP contribution < -0.4 is 11.2 Å². The summed E-state index contributed by atoms with van der Waals surface area (Å²) in [5.41, 5.74) is 1.14. The molecule has 162 valence electrons. The molecule has 4 rings (SSSR count).